The molecule has 0 spiro atoms. The van der Waals surface area contributed by atoms with Gasteiger partial charge in [-0.15, -0.1) is 0 Å². The molecule has 1 saturated heterocycles. The maximum absolute atomic E-state index is 11.2. The second-order valence-corrected chi connectivity index (χ2v) is 5.11. The number of aliphatic hydroxyl groups is 1. The molecule has 2 rings (SSSR count). The Balaban J connectivity index is 2.41. The molecule has 0 saturated carbocycles. The third-order valence-corrected chi connectivity index (χ3v) is 3.40. The lowest BCUT2D eigenvalue weighted by Crippen LogP contribution is -2.46. The van der Waals surface area contributed by atoms with E-state index in [0.29, 0.717) is 25.2 Å². The molecule has 1 fully saturated rings. The van der Waals surface area contributed by atoms with Crippen molar-refractivity contribution in [2.75, 3.05) is 25.1 Å². The van der Waals surface area contributed by atoms with E-state index in [4.69, 9.17) is 4.74 Å². The number of piperidine rings is 1. The zero-order chi connectivity index (χ0) is 14.0. The molecule has 1 unspecified atom stereocenters. The number of anilines is 1. The standard InChI is InChI=1S/C13H18N2O4/c1-13(16)7-4-8-14(9-13)10-5-3-6-11(19-2)12(10)15(17)18/h3,5-6,16H,4,7-9H2,1-2H3. The van der Waals surface area contributed by atoms with E-state index in [-0.39, 0.29) is 11.4 Å². The van der Waals surface area contributed by atoms with Crippen LogP contribution < -0.4 is 9.64 Å². The van der Waals surface area contributed by atoms with Crippen LogP contribution in [-0.2, 0) is 0 Å². The lowest BCUT2D eigenvalue weighted by atomic mass is 9.94. The molecule has 19 heavy (non-hydrogen) atoms. The second-order valence-electron chi connectivity index (χ2n) is 5.11. The van der Waals surface area contributed by atoms with Gasteiger partial charge in [-0.1, -0.05) is 6.07 Å². The van der Waals surface area contributed by atoms with E-state index in [1.54, 1.807) is 25.1 Å². The third-order valence-electron chi connectivity index (χ3n) is 3.40. The van der Waals surface area contributed by atoms with Crippen LogP contribution in [0.15, 0.2) is 18.2 Å². The third kappa shape index (κ3) is 2.78. The van der Waals surface area contributed by atoms with Crippen molar-refractivity contribution in [1.82, 2.24) is 0 Å². The first-order chi connectivity index (χ1) is 8.94. The number of methoxy groups -OCH3 is 1. The van der Waals surface area contributed by atoms with E-state index in [2.05, 4.69) is 0 Å². The van der Waals surface area contributed by atoms with Gasteiger partial charge in [-0.05, 0) is 31.9 Å². The van der Waals surface area contributed by atoms with Crippen molar-refractivity contribution in [3.05, 3.63) is 28.3 Å². The normalized spacial score (nSPS) is 23.2. The van der Waals surface area contributed by atoms with Gasteiger partial charge in [0.2, 0.25) is 0 Å². The van der Waals surface area contributed by atoms with Crippen LogP contribution in [0.4, 0.5) is 11.4 Å². The molecule has 1 atom stereocenters. The van der Waals surface area contributed by atoms with E-state index in [1.165, 1.54) is 7.11 Å². The molecule has 1 aliphatic rings. The highest BCUT2D eigenvalue weighted by Gasteiger charge is 2.32. The Bertz CT molecular complexity index is 488. The Morgan fingerprint density at radius 1 is 1.53 bits per heavy atom. The number of hydrogen-bond donors (Lipinski definition) is 1. The zero-order valence-electron chi connectivity index (χ0n) is 11.1. The van der Waals surface area contributed by atoms with Crippen LogP contribution in [0, 0.1) is 10.1 Å². The molecule has 1 aliphatic heterocycles. The summed E-state index contributed by atoms with van der Waals surface area (Å²) in [7, 11) is 1.42. The topological polar surface area (TPSA) is 75.8 Å². The number of nitrogens with zero attached hydrogens (tertiary/aromatic N) is 2. The van der Waals surface area contributed by atoms with Gasteiger partial charge in [0, 0.05) is 13.1 Å². The number of ether oxygens (including phenoxy) is 1. The van der Waals surface area contributed by atoms with Crippen molar-refractivity contribution < 1.29 is 14.8 Å². The average molecular weight is 266 g/mol. The smallest absolute Gasteiger partial charge is 0.333 e. The maximum Gasteiger partial charge on any atom is 0.333 e. The maximum atomic E-state index is 11.2. The van der Waals surface area contributed by atoms with E-state index in [0.717, 1.165) is 6.42 Å². The number of para-hydroxylation sites is 1. The van der Waals surface area contributed by atoms with E-state index in [9.17, 15) is 15.2 Å². The van der Waals surface area contributed by atoms with Crippen LogP contribution in [0.2, 0.25) is 0 Å². The highest BCUT2D eigenvalue weighted by Crippen LogP contribution is 2.38. The highest BCUT2D eigenvalue weighted by molar-refractivity contribution is 5.70. The summed E-state index contributed by atoms with van der Waals surface area (Å²) in [6.07, 6.45) is 1.52. The minimum atomic E-state index is -0.810. The van der Waals surface area contributed by atoms with Crippen molar-refractivity contribution in [1.29, 1.82) is 0 Å². The molecular formula is C13H18N2O4. The summed E-state index contributed by atoms with van der Waals surface area (Å²) < 4.78 is 5.06. The molecule has 6 heteroatoms. The molecule has 0 radical (unpaired) electrons. The summed E-state index contributed by atoms with van der Waals surface area (Å²) >= 11 is 0. The fourth-order valence-corrected chi connectivity index (χ4v) is 2.54. The number of β-amino-alcohol motifs (C(OH)–C–C–N with tert-alkyl or cyclic N) is 1. The molecule has 1 heterocycles. The van der Waals surface area contributed by atoms with Gasteiger partial charge >= 0.3 is 5.69 Å². The SMILES string of the molecule is COc1cccc(N2CCCC(C)(O)C2)c1[N+](=O)[O-]. The number of nitro groups is 1. The van der Waals surface area contributed by atoms with Crippen LogP contribution in [-0.4, -0.2) is 35.8 Å². The first-order valence-electron chi connectivity index (χ1n) is 6.23. The summed E-state index contributed by atoms with van der Waals surface area (Å²) in [5, 5.41) is 21.4. The molecule has 1 N–H and O–H groups in total. The number of rotatable bonds is 3. The van der Waals surface area contributed by atoms with Gasteiger partial charge in [-0.25, -0.2) is 0 Å². The number of hydrogen-bond acceptors (Lipinski definition) is 5. The Kier molecular flexibility index (Phi) is 3.61. The van der Waals surface area contributed by atoms with Gasteiger partial charge < -0.3 is 14.7 Å². The number of benzene rings is 1. The van der Waals surface area contributed by atoms with Crippen molar-refractivity contribution in [3.8, 4) is 5.75 Å². The molecule has 1 aromatic carbocycles. The van der Waals surface area contributed by atoms with Crippen LogP contribution in [0.5, 0.6) is 5.75 Å². The molecule has 0 aliphatic carbocycles. The van der Waals surface area contributed by atoms with Crippen molar-refractivity contribution >= 4 is 11.4 Å². The fourth-order valence-electron chi connectivity index (χ4n) is 2.54. The first kappa shape index (κ1) is 13.6. The molecule has 0 amide bonds. The van der Waals surface area contributed by atoms with Gasteiger partial charge in [0.25, 0.3) is 0 Å². The molecule has 6 nitrogen and oxygen atoms in total. The predicted octanol–water partition coefficient (Wildman–Crippen LogP) is 1.95. The van der Waals surface area contributed by atoms with Gasteiger partial charge in [-0.3, -0.25) is 10.1 Å². The lowest BCUT2D eigenvalue weighted by Gasteiger charge is -2.37. The van der Waals surface area contributed by atoms with E-state index >= 15 is 0 Å². The van der Waals surface area contributed by atoms with Gasteiger partial charge in [-0.2, -0.15) is 0 Å². The van der Waals surface area contributed by atoms with Crippen molar-refractivity contribution in [2.24, 2.45) is 0 Å². The van der Waals surface area contributed by atoms with Crippen LogP contribution >= 0.6 is 0 Å². The van der Waals surface area contributed by atoms with Crippen molar-refractivity contribution in [2.45, 2.75) is 25.4 Å². The Hall–Kier alpha value is -1.82. The number of nitro benzene ring substituents is 1. The molecule has 0 bridgehead atoms. The molecule has 104 valence electrons. The summed E-state index contributed by atoms with van der Waals surface area (Å²) in [4.78, 5) is 12.7. The highest BCUT2D eigenvalue weighted by atomic mass is 16.6. The van der Waals surface area contributed by atoms with Gasteiger partial charge in [0.15, 0.2) is 5.75 Å². The predicted molar refractivity (Wildman–Crippen MR) is 71.7 cm³/mol. The lowest BCUT2D eigenvalue weighted by molar-refractivity contribution is -0.385. The monoisotopic (exact) mass is 266 g/mol. The van der Waals surface area contributed by atoms with Crippen molar-refractivity contribution in [3.63, 3.8) is 0 Å². The summed E-state index contributed by atoms with van der Waals surface area (Å²) in [6, 6.07) is 5.00. The molecule has 0 aromatic heterocycles. The summed E-state index contributed by atoms with van der Waals surface area (Å²) in [6.45, 7) is 2.84. The minimum absolute atomic E-state index is 0.0392. The summed E-state index contributed by atoms with van der Waals surface area (Å²) in [5.74, 6) is 0.243. The van der Waals surface area contributed by atoms with Crippen LogP contribution in [0.3, 0.4) is 0 Å². The second kappa shape index (κ2) is 5.05. The first-order valence-corrected chi connectivity index (χ1v) is 6.23. The van der Waals surface area contributed by atoms with E-state index < -0.39 is 10.5 Å². The fraction of sp³-hybridized carbons (Fsp3) is 0.538. The van der Waals surface area contributed by atoms with Gasteiger partial charge in [0.05, 0.1) is 17.6 Å². The average Bonchev–Trinajstić information content (AvgIpc) is 2.36. The molecular weight excluding hydrogens is 248 g/mol. The van der Waals surface area contributed by atoms with Crippen LogP contribution in [0.25, 0.3) is 0 Å². The van der Waals surface area contributed by atoms with Gasteiger partial charge in [0.1, 0.15) is 5.69 Å². The summed E-state index contributed by atoms with van der Waals surface area (Å²) in [5.41, 5.74) is -0.345. The van der Waals surface area contributed by atoms with Crippen LogP contribution in [0.1, 0.15) is 19.8 Å². The molecule has 1 aromatic rings. The Morgan fingerprint density at radius 2 is 2.26 bits per heavy atom. The zero-order valence-corrected chi connectivity index (χ0v) is 11.1. The Morgan fingerprint density at radius 3 is 2.84 bits per heavy atom. The Labute approximate surface area is 111 Å². The minimum Gasteiger partial charge on any atom is -0.490 e. The van der Waals surface area contributed by atoms with E-state index in [1.807, 2.05) is 4.90 Å². The quantitative estimate of drug-likeness (QED) is 0.668. The largest absolute Gasteiger partial charge is 0.490 e.